The Morgan fingerprint density at radius 1 is 1.09 bits per heavy atom. The Kier molecular flexibility index (Phi) is 5.87. The Balaban J connectivity index is 1.99. The van der Waals surface area contributed by atoms with E-state index in [0.29, 0.717) is 5.75 Å². The fourth-order valence-electron chi connectivity index (χ4n) is 1.97. The number of carbonyl (C=O) groups excluding carboxylic acids is 1. The number of benzene rings is 2. The molecule has 0 aromatic heterocycles. The number of rotatable bonds is 4. The quantitative estimate of drug-likeness (QED) is 0.678. The maximum Gasteiger partial charge on any atom is 0.262 e. The molecular weight excluding hydrogens is 422 g/mol. The van der Waals surface area contributed by atoms with E-state index in [1.807, 2.05) is 42.5 Å². The summed E-state index contributed by atoms with van der Waals surface area (Å²) in [4.78, 5) is 12.1. The molecule has 2 rings (SSSR count). The van der Waals surface area contributed by atoms with Crippen molar-refractivity contribution in [1.29, 1.82) is 0 Å². The summed E-state index contributed by atoms with van der Waals surface area (Å²) in [5.41, 5.74) is 2.00. The highest BCUT2D eigenvalue weighted by Gasteiger charge is 2.15. The van der Waals surface area contributed by atoms with E-state index in [9.17, 15) is 4.79 Å². The standard InChI is InChI=1S/C18H19Br2NO2/c1-18(2,3)12-8-9-15(14(20)10-12)21-17(22)11-23-16-7-5-4-6-13(16)19/h4-10H,11H2,1-3H3,(H,21,22). The molecule has 0 aliphatic carbocycles. The van der Waals surface area contributed by atoms with Gasteiger partial charge in [0.25, 0.3) is 5.91 Å². The van der Waals surface area contributed by atoms with Crippen molar-refractivity contribution in [1.82, 2.24) is 0 Å². The van der Waals surface area contributed by atoms with Gasteiger partial charge in [0.05, 0.1) is 10.2 Å². The minimum absolute atomic E-state index is 0.0456. The number of nitrogens with one attached hydrogen (secondary N) is 1. The van der Waals surface area contributed by atoms with Gasteiger partial charge in [-0.2, -0.15) is 0 Å². The molecule has 0 unspecified atom stereocenters. The van der Waals surface area contributed by atoms with E-state index in [0.717, 1.165) is 14.6 Å². The number of amides is 1. The van der Waals surface area contributed by atoms with E-state index in [4.69, 9.17) is 4.74 Å². The van der Waals surface area contributed by atoms with Gasteiger partial charge >= 0.3 is 0 Å². The van der Waals surface area contributed by atoms with Gasteiger partial charge in [-0.3, -0.25) is 4.79 Å². The van der Waals surface area contributed by atoms with Gasteiger partial charge in [0.15, 0.2) is 6.61 Å². The first-order valence-electron chi connectivity index (χ1n) is 7.24. The molecule has 0 radical (unpaired) electrons. The van der Waals surface area contributed by atoms with E-state index in [1.54, 1.807) is 0 Å². The van der Waals surface area contributed by atoms with Crippen molar-refractivity contribution in [3.05, 3.63) is 57.0 Å². The maximum atomic E-state index is 12.1. The van der Waals surface area contributed by atoms with Crippen LogP contribution in [0.25, 0.3) is 0 Å². The number of anilines is 1. The molecule has 2 aromatic carbocycles. The van der Waals surface area contributed by atoms with E-state index in [2.05, 4.69) is 57.9 Å². The Hall–Kier alpha value is -1.33. The van der Waals surface area contributed by atoms with Crippen LogP contribution in [0.4, 0.5) is 5.69 Å². The molecule has 122 valence electrons. The van der Waals surface area contributed by atoms with Gasteiger partial charge in [-0.25, -0.2) is 0 Å². The zero-order valence-corrected chi connectivity index (χ0v) is 16.5. The lowest BCUT2D eigenvalue weighted by atomic mass is 9.87. The molecule has 1 amide bonds. The number of hydrogen-bond acceptors (Lipinski definition) is 2. The van der Waals surface area contributed by atoms with Gasteiger partial charge in [-0.1, -0.05) is 39.0 Å². The molecule has 0 fully saturated rings. The third kappa shape index (κ3) is 5.08. The number of hydrogen-bond donors (Lipinski definition) is 1. The third-order valence-corrected chi connectivity index (χ3v) is 4.62. The third-order valence-electron chi connectivity index (χ3n) is 3.30. The summed E-state index contributed by atoms with van der Waals surface area (Å²) in [6.07, 6.45) is 0. The lowest BCUT2D eigenvalue weighted by Gasteiger charge is -2.20. The Labute approximate surface area is 153 Å². The Morgan fingerprint density at radius 3 is 2.39 bits per heavy atom. The predicted molar refractivity (Wildman–Crippen MR) is 101 cm³/mol. The van der Waals surface area contributed by atoms with Gasteiger partial charge in [0, 0.05) is 4.47 Å². The summed E-state index contributed by atoms with van der Waals surface area (Å²) in [6, 6.07) is 13.4. The second kappa shape index (κ2) is 7.49. The molecule has 2 aromatic rings. The van der Waals surface area contributed by atoms with Crippen LogP contribution in [0.2, 0.25) is 0 Å². The summed E-state index contributed by atoms with van der Waals surface area (Å²) >= 11 is 6.90. The van der Waals surface area contributed by atoms with Crippen molar-refractivity contribution in [2.45, 2.75) is 26.2 Å². The van der Waals surface area contributed by atoms with E-state index in [-0.39, 0.29) is 17.9 Å². The average Bonchev–Trinajstić information content (AvgIpc) is 2.47. The van der Waals surface area contributed by atoms with Crippen LogP contribution in [-0.4, -0.2) is 12.5 Å². The van der Waals surface area contributed by atoms with Crippen molar-refractivity contribution in [3.8, 4) is 5.75 Å². The molecule has 0 saturated carbocycles. The van der Waals surface area contributed by atoms with Crippen LogP contribution in [-0.2, 0) is 10.2 Å². The first kappa shape index (κ1) is 18.0. The van der Waals surface area contributed by atoms with Crippen LogP contribution in [0.5, 0.6) is 5.75 Å². The molecule has 1 N–H and O–H groups in total. The second-order valence-electron chi connectivity index (χ2n) is 6.21. The minimum atomic E-state index is -0.204. The zero-order chi connectivity index (χ0) is 17.0. The van der Waals surface area contributed by atoms with Gasteiger partial charge in [-0.15, -0.1) is 0 Å². The summed E-state index contributed by atoms with van der Waals surface area (Å²) in [7, 11) is 0. The highest BCUT2D eigenvalue weighted by Crippen LogP contribution is 2.30. The SMILES string of the molecule is CC(C)(C)c1ccc(NC(=O)COc2ccccc2Br)c(Br)c1. The summed E-state index contributed by atoms with van der Waals surface area (Å²) < 4.78 is 7.20. The predicted octanol–water partition coefficient (Wildman–Crippen LogP) is 5.53. The van der Waals surface area contributed by atoms with Crippen LogP contribution in [0, 0.1) is 0 Å². The van der Waals surface area contributed by atoms with Crippen LogP contribution < -0.4 is 10.1 Å². The number of ether oxygens (including phenoxy) is 1. The van der Waals surface area contributed by atoms with Gasteiger partial charge in [0.1, 0.15) is 5.75 Å². The molecule has 5 heteroatoms. The molecule has 0 atom stereocenters. The highest BCUT2D eigenvalue weighted by molar-refractivity contribution is 9.11. The minimum Gasteiger partial charge on any atom is -0.483 e. The van der Waals surface area contributed by atoms with Gasteiger partial charge in [-0.05, 0) is 67.1 Å². The molecular formula is C18H19Br2NO2. The molecule has 23 heavy (non-hydrogen) atoms. The smallest absolute Gasteiger partial charge is 0.262 e. The monoisotopic (exact) mass is 439 g/mol. The molecule has 0 heterocycles. The first-order valence-corrected chi connectivity index (χ1v) is 8.83. The number of para-hydroxylation sites is 1. The van der Waals surface area contributed by atoms with Crippen LogP contribution >= 0.6 is 31.9 Å². The van der Waals surface area contributed by atoms with Crippen LogP contribution in [0.1, 0.15) is 26.3 Å². The fourth-order valence-corrected chi connectivity index (χ4v) is 2.85. The van der Waals surface area contributed by atoms with Crippen molar-refractivity contribution in [3.63, 3.8) is 0 Å². The fraction of sp³-hybridized carbons (Fsp3) is 0.278. The van der Waals surface area contributed by atoms with E-state index in [1.165, 1.54) is 5.56 Å². The van der Waals surface area contributed by atoms with Crippen molar-refractivity contribution in [2.75, 3.05) is 11.9 Å². The van der Waals surface area contributed by atoms with Crippen molar-refractivity contribution in [2.24, 2.45) is 0 Å². The first-order chi connectivity index (χ1) is 10.8. The summed E-state index contributed by atoms with van der Waals surface area (Å²) in [6.45, 7) is 6.41. The van der Waals surface area contributed by atoms with Gasteiger partial charge < -0.3 is 10.1 Å². The lowest BCUT2D eigenvalue weighted by molar-refractivity contribution is -0.118. The molecule has 0 spiro atoms. The van der Waals surface area contributed by atoms with E-state index < -0.39 is 0 Å². The number of halogens is 2. The molecule has 0 saturated heterocycles. The van der Waals surface area contributed by atoms with E-state index >= 15 is 0 Å². The normalized spacial score (nSPS) is 11.2. The molecule has 3 nitrogen and oxygen atoms in total. The van der Waals surface area contributed by atoms with Crippen molar-refractivity contribution < 1.29 is 9.53 Å². The topological polar surface area (TPSA) is 38.3 Å². The largest absolute Gasteiger partial charge is 0.483 e. The second-order valence-corrected chi connectivity index (χ2v) is 7.92. The Morgan fingerprint density at radius 2 is 1.78 bits per heavy atom. The highest BCUT2D eigenvalue weighted by atomic mass is 79.9. The van der Waals surface area contributed by atoms with Crippen molar-refractivity contribution >= 4 is 43.5 Å². The molecule has 0 bridgehead atoms. The van der Waals surface area contributed by atoms with Crippen LogP contribution in [0.3, 0.4) is 0 Å². The molecule has 0 aliphatic rings. The average molecular weight is 441 g/mol. The Bertz CT molecular complexity index is 708. The van der Waals surface area contributed by atoms with Crippen LogP contribution in [0.15, 0.2) is 51.4 Å². The summed E-state index contributed by atoms with van der Waals surface area (Å²) in [5.74, 6) is 0.440. The zero-order valence-electron chi connectivity index (χ0n) is 13.3. The summed E-state index contributed by atoms with van der Waals surface area (Å²) in [5, 5.41) is 2.85. The van der Waals surface area contributed by atoms with Gasteiger partial charge in [0.2, 0.25) is 0 Å². The number of carbonyl (C=O) groups is 1. The maximum absolute atomic E-state index is 12.1. The molecule has 0 aliphatic heterocycles. The lowest BCUT2D eigenvalue weighted by Crippen LogP contribution is -2.20.